The summed E-state index contributed by atoms with van der Waals surface area (Å²) in [5.74, 6) is 0. The minimum Gasteiger partial charge on any atom is -0.384 e. The fourth-order valence-corrected chi connectivity index (χ4v) is 4.18. The van der Waals surface area contributed by atoms with Gasteiger partial charge >= 0.3 is 0 Å². The van der Waals surface area contributed by atoms with Crippen molar-refractivity contribution in [2.45, 2.75) is 50.8 Å². The van der Waals surface area contributed by atoms with Gasteiger partial charge in [0.15, 0.2) is 0 Å². The minimum atomic E-state index is -3.36. The second-order valence-corrected chi connectivity index (χ2v) is 7.54. The van der Waals surface area contributed by atoms with Gasteiger partial charge in [0.2, 0.25) is 10.0 Å². The first-order valence-corrected chi connectivity index (χ1v) is 9.40. The summed E-state index contributed by atoms with van der Waals surface area (Å²) in [7, 11) is -3.36. The van der Waals surface area contributed by atoms with Crippen molar-refractivity contribution in [3.8, 4) is 0 Å². The summed E-state index contributed by atoms with van der Waals surface area (Å²) in [6.45, 7) is 6.31. The van der Waals surface area contributed by atoms with Crippen LogP contribution in [0.1, 0.15) is 45.1 Å². The molecule has 0 saturated heterocycles. The first-order chi connectivity index (χ1) is 10.1. The zero-order valence-corrected chi connectivity index (χ0v) is 13.9. The van der Waals surface area contributed by atoms with Gasteiger partial charge < -0.3 is 5.32 Å². The van der Waals surface area contributed by atoms with Crippen LogP contribution in [0.3, 0.4) is 0 Å². The smallest absolute Gasteiger partial charge is 0.243 e. The molecule has 0 aromatic heterocycles. The largest absolute Gasteiger partial charge is 0.384 e. The van der Waals surface area contributed by atoms with Crippen LogP contribution in [0, 0.1) is 0 Å². The van der Waals surface area contributed by atoms with Crippen LogP contribution in [-0.4, -0.2) is 32.4 Å². The van der Waals surface area contributed by atoms with E-state index >= 15 is 0 Å². The van der Waals surface area contributed by atoms with Gasteiger partial charge in [0.1, 0.15) is 0 Å². The molecule has 0 bridgehead atoms. The fourth-order valence-electron chi connectivity index (χ4n) is 2.61. The molecule has 5 heteroatoms. The minimum absolute atomic E-state index is 0.442. The van der Waals surface area contributed by atoms with Crippen LogP contribution < -0.4 is 5.32 Å². The summed E-state index contributed by atoms with van der Waals surface area (Å²) in [4.78, 5) is 0.442. The van der Waals surface area contributed by atoms with E-state index in [1.54, 1.807) is 10.4 Å². The predicted octanol–water partition coefficient (Wildman–Crippen LogP) is 3.25. The molecule has 0 spiro atoms. The second-order valence-electron chi connectivity index (χ2n) is 5.61. The van der Waals surface area contributed by atoms with Crippen molar-refractivity contribution >= 4 is 15.7 Å². The Morgan fingerprint density at radius 3 is 2.43 bits per heavy atom. The van der Waals surface area contributed by atoms with Crippen LogP contribution in [0.25, 0.3) is 0 Å². The Morgan fingerprint density at radius 2 is 1.81 bits per heavy atom. The lowest BCUT2D eigenvalue weighted by atomic mass is 10.2. The van der Waals surface area contributed by atoms with Crippen molar-refractivity contribution in [2.24, 2.45) is 0 Å². The average molecular weight is 310 g/mol. The molecular weight excluding hydrogens is 284 g/mol. The standard InChI is InChI=1S/C16H26N2O2S/c1-3-5-11-18(12-6-4-2)21(19,20)15-7-8-16-14(13-15)9-10-17-16/h7-8,13,17H,3-6,9-12H2,1-2H3. The number of benzene rings is 1. The first kappa shape index (κ1) is 16.3. The van der Waals surface area contributed by atoms with E-state index in [1.165, 1.54) is 0 Å². The molecule has 4 nitrogen and oxygen atoms in total. The average Bonchev–Trinajstić information content (AvgIpc) is 2.94. The highest BCUT2D eigenvalue weighted by Crippen LogP contribution is 2.27. The molecule has 0 radical (unpaired) electrons. The van der Waals surface area contributed by atoms with Gasteiger partial charge in [0.25, 0.3) is 0 Å². The van der Waals surface area contributed by atoms with Crippen LogP contribution in [-0.2, 0) is 16.4 Å². The predicted molar refractivity (Wildman–Crippen MR) is 87.2 cm³/mol. The summed E-state index contributed by atoms with van der Waals surface area (Å²) in [5.41, 5.74) is 2.18. The van der Waals surface area contributed by atoms with Crippen molar-refractivity contribution in [1.82, 2.24) is 4.31 Å². The second kappa shape index (κ2) is 7.27. The topological polar surface area (TPSA) is 49.4 Å². The van der Waals surface area contributed by atoms with Gasteiger partial charge in [-0.1, -0.05) is 26.7 Å². The maximum absolute atomic E-state index is 12.8. The first-order valence-electron chi connectivity index (χ1n) is 7.96. The molecule has 118 valence electrons. The Kier molecular flexibility index (Phi) is 5.65. The number of nitrogens with zero attached hydrogens (tertiary/aromatic N) is 1. The zero-order valence-electron chi connectivity index (χ0n) is 13.1. The molecule has 0 saturated carbocycles. The highest BCUT2D eigenvalue weighted by Gasteiger charge is 2.25. The van der Waals surface area contributed by atoms with E-state index in [0.717, 1.165) is 49.9 Å². The maximum atomic E-state index is 12.8. The normalized spacial score (nSPS) is 14.2. The zero-order chi connectivity index (χ0) is 15.3. The lowest BCUT2D eigenvalue weighted by molar-refractivity contribution is 0.395. The van der Waals surface area contributed by atoms with Crippen LogP contribution >= 0.6 is 0 Å². The maximum Gasteiger partial charge on any atom is 0.243 e. The third-order valence-corrected chi connectivity index (χ3v) is 5.84. The van der Waals surface area contributed by atoms with Gasteiger partial charge in [0.05, 0.1) is 4.90 Å². The van der Waals surface area contributed by atoms with E-state index < -0.39 is 10.0 Å². The molecule has 0 fully saturated rings. The molecule has 1 aromatic carbocycles. The lowest BCUT2D eigenvalue weighted by Crippen LogP contribution is -2.33. The number of fused-ring (bicyclic) bond motifs is 1. The van der Waals surface area contributed by atoms with Crippen molar-refractivity contribution in [2.75, 3.05) is 25.0 Å². The Morgan fingerprint density at radius 1 is 1.14 bits per heavy atom. The molecule has 0 unspecified atom stereocenters. The SMILES string of the molecule is CCCCN(CCCC)S(=O)(=O)c1ccc2c(c1)CCN2. The highest BCUT2D eigenvalue weighted by molar-refractivity contribution is 7.89. The fraction of sp³-hybridized carbons (Fsp3) is 0.625. The Balaban J connectivity index is 2.24. The molecule has 0 amide bonds. The van der Waals surface area contributed by atoms with E-state index in [1.807, 2.05) is 12.1 Å². The molecule has 1 heterocycles. The van der Waals surface area contributed by atoms with E-state index in [4.69, 9.17) is 0 Å². The monoisotopic (exact) mass is 310 g/mol. The third kappa shape index (κ3) is 3.77. The van der Waals surface area contributed by atoms with Crippen molar-refractivity contribution in [3.05, 3.63) is 23.8 Å². The van der Waals surface area contributed by atoms with Crippen LogP contribution in [0.4, 0.5) is 5.69 Å². The Labute approximate surface area is 128 Å². The number of nitrogens with one attached hydrogen (secondary N) is 1. The number of hydrogen-bond donors (Lipinski definition) is 1. The van der Waals surface area contributed by atoms with Crippen molar-refractivity contribution in [1.29, 1.82) is 0 Å². The molecule has 1 aliphatic heterocycles. The summed E-state index contributed by atoms with van der Waals surface area (Å²) >= 11 is 0. The number of anilines is 1. The lowest BCUT2D eigenvalue weighted by Gasteiger charge is -2.22. The van der Waals surface area contributed by atoms with E-state index in [-0.39, 0.29) is 0 Å². The summed E-state index contributed by atoms with van der Waals surface area (Å²) in [6.07, 6.45) is 4.74. The van der Waals surface area contributed by atoms with Crippen LogP contribution in [0.5, 0.6) is 0 Å². The third-order valence-electron chi connectivity index (χ3n) is 3.95. The van der Waals surface area contributed by atoms with Crippen molar-refractivity contribution < 1.29 is 8.42 Å². The van der Waals surface area contributed by atoms with Crippen LogP contribution in [0.15, 0.2) is 23.1 Å². The quantitative estimate of drug-likeness (QED) is 0.802. The molecule has 2 rings (SSSR count). The molecule has 1 aliphatic rings. The summed E-state index contributed by atoms with van der Waals surface area (Å²) in [5, 5.41) is 3.27. The van der Waals surface area contributed by atoms with Crippen LogP contribution in [0.2, 0.25) is 0 Å². The van der Waals surface area contributed by atoms with Gasteiger partial charge in [-0.25, -0.2) is 8.42 Å². The van der Waals surface area contributed by atoms with Gasteiger partial charge in [-0.3, -0.25) is 0 Å². The molecule has 21 heavy (non-hydrogen) atoms. The van der Waals surface area contributed by atoms with Crippen molar-refractivity contribution in [3.63, 3.8) is 0 Å². The molecule has 1 N–H and O–H groups in total. The summed E-state index contributed by atoms with van der Waals surface area (Å²) < 4.78 is 27.4. The number of sulfonamides is 1. The molecule has 0 aliphatic carbocycles. The number of hydrogen-bond acceptors (Lipinski definition) is 3. The van der Waals surface area contributed by atoms with Gasteiger partial charge in [-0.05, 0) is 43.0 Å². The number of unbranched alkanes of at least 4 members (excludes halogenated alkanes) is 2. The Hall–Kier alpha value is -1.07. The number of rotatable bonds is 8. The highest BCUT2D eigenvalue weighted by atomic mass is 32.2. The van der Waals surface area contributed by atoms with E-state index in [2.05, 4.69) is 19.2 Å². The summed E-state index contributed by atoms with van der Waals surface area (Å²) in [6, 6.07) is 5.47. The molecule has 0 atom stereocenters. The van der Waals surface area contributed by atoms with Gasteiger partial charge in [-0.2, -0.15) is 4.31 Å². The van der Waals surface area contributed by atoms with Gasteiger partial charge in [-0.15, -0.1) is 0 Å². The Bertz CT molecular complexity index is 562. The van der Waals surface area contributed by atoms with Gasteiger partial charge in [0, 0.05) is 25.3 Å². The van der Waals surface area contributed by atoms with E-state index in [9.17, 15) is 8.42 Å². The van der Waals surface area contributed by atoms with E-state index in [0.29, 0.717) is 18.0 Å². The molecule has 1 aromatic rings. The molecular formula is C16H26N2O2S.